The molecule has 228 valence electrons. The van der Waals surface area contributed by atoms with Crippen molar-refractivity contribution >= 4 is 5.78 Å². The standard InChI is InChI=1S/C25H46N2O12/c1-13(2)27(11-16(29)6-5-8-36-24-22(34)20(32)18(30)15(4)38-24)10-14(3)26-7-9-37-25-23(35)21(33)19(31)17(12-28)39-25/h13,15,17-26,28,30-35H,3,5-12H2,1-2,4H3/t15-,17+,18+,19+,20+,21-,22-,23-,24+,25-/m0/s1. The van der Waals surface area contributed by atoms with Crippen molar-refractivity contribution in [1.82, 2.24) is 10.2 Å². The Morgan fingerprint density at radius 3 is 2.10 bits per heavy atom. The third-order valence-corrected chi connectivity index (χ3v) is 6.80. The summed E-state index contributed by atoms with van der Waals surface area (Å²) in [6.07, 6.45) is -11.8. The van der Waals surface area contributed by atoms with E-state index < -0.39 is 68.0 Å². The molecule has 39 heavy (non-hydrogen) atoms. The molecule has 0 aliphatic carbocycles. The van der Waals surface area contributed by atoms with Crippen LogP contribution in [-0.4, -0.2) is 153 Å². The maximum absolute atomic E-state index is 12.6. The molecule has 2 aliphatic rings. The van der Waals surface area contributed by atoms with E-state index in [-0.39, 0.29) is 38.0 Å². The predicted octanol–water partition coefficient (Wildman–Crippen LogP) is -3.19. The van der Waals surface area contributed by atoms with E-state index in [2.05, 4.69) is 11.9 Å². The maximum Gasteiger partial charge on any atom is 0.186 e. The first-order valence-electron chi connectivity index (χ1n) is 13.3. The first-order chi connectivity index (χ1) is 18.4. The average molecular weight is 567 g/mol. The SMILES string of the molecule is C=C(CN(CC(=O)CCCO[C@@H]1O[C@@H](C)[C@@H](O)[C@@H](O)[C@@H]1O)C(C)C)NCCO[C@H]1O[C@H](CO)[C@@H](O)[C@H](O)[C@@H]1O. The van der Waals surface area contributed by atoms with E-state index in [9.17, 15) is 40.5 Å². The van der Waals surface area contributed by atoms with Crippen LogP contribution >= 0.6 is 0 Å². The Balaban J connectivity index is 1.67. The van der Waals surface area contributed by atoms with Gasteiger partial charge in [0.05, 0.1) is 32.5 Å². The van der Waals surface area contributed by atoms with Crippen LogP contribution in [-0.2, 0) is 23.7 Å². The number of ketones is 1. The van der Waals surface area contributed by atoms with Gasteiger partial charge in [-0.3, -0.25) is 9.69 Å². The molecule has 10 atom stereocenters. The van der Waals surface area contributed by atoms with Gasteiger partial charge in [0.25, 0.3) is 0 Å². The zero-order valence-corrected chi connectivity index (χ0v) is 22.8. The molecule has 2 fully saturated rings. The number of hydrogen-bond acceptors (Lipinski definition) is 14. The molecule has 2 aliphatic heterocycles. The summed E-state index contributed by atoms with van der Waals surface area (Å²) in [5.41, 5.74) is 0.635. The molecular weight excluding hydrogens is 520 g/mol. The Morgan fingerprint density at radius 2 is 1.49 bits per heavy atom. The number of ether oxygens (including phenoxy) is 4. The zero-order chi connectivity index (χ0) is 29.3. The minimum Gasteiger partial charge on any atom is -0.394 e. The molecule has 2 rings (SSSR count). The highest BCUT2D eigenvalue weighted by Crippen LogP contribution is 2.23. The van der Waals surface area contributed by atoms with Crippen molar-refractivity contribution in [2.45, 2.75) is 101 Å². The van der Waals surface area contributed by atoms with Gasteiger partial charge in [0.15, 0.2) is 12.6 Å². The Hall–Kier alpha value is -1.27. The Bertz CT molecular complexity index is 757. The second kappa shape index (κ2) is 16.2. The summed E-state index contributed by atoms with van der Waals surface area (Å²) in [6.45, 7) is 10.00. The molecule has 0 amide bonds. The zero-order valence-electron chi connectivity index (χ0n) is 22.8. The van der Waals surface area contributed by atoms with Crippen LogP contribution in [0.1, 0.15) is 33.6 Å². The summed E-state index contributed by atoms with van der Waals surface area (Å²) < 4.78 is 21.6. The van der Waals surface area contributed by atoms with Crippen LogP contribution < -0.4 is 5.32 Å². The Morgan fingerprint density at radius 1 is 0.897 bits per heavy atom. The van der Waals surface area contributed by atoms with E-state index in [0.717, 1.165) is 0 Å². The molecule has 0 radical (unpaired) electrons. The molecule has 0 aromatic heterocycles. The number of carbonyl (C=O) groups excluding carboxylic acids is 1. The minimum atomic E-state index is -1.51. The van der Waals surface area contributed by atoms with Crippen molar-refractivity contribution in [3.05, 3.63) is 12.3 Å². The van der Waals surface area contributed by atoms with Crippen LogP contribution in [0.25, 0.3) is 0 Å². The van der Waals surface area contributed by atoms with Gasteiger partial charge >= 0.3 is 0 Å². The maximum atomic E-state index is 12.6. The van der Waals surface area contributed by atoms with Crippen molar-refractivity contribution in [1.29, 1.82) is 0 Å². The van der Waals surface area contributed by atoms with E-state index >= 15 is 0 Å². The van der Waals surface area contributed by atoms with Gasteiger partial charge in [0.1, 0.15) is 48.5 Å². The molecular formula is C25H46N2O12. The van der Waals surface area contributed by atoms with Gasteiger partial charge in [-0.1, -0.05) is 6.58 Å². The Kier molecular flexibility index (Phi) is 14.1. The van der Waals surface area contributed by atoms with Gasteiger partial charge in [0, 0.05) is 31.2 Å². The van der Waals surface area contributed by atoms with Crippen molar-refractivity contribution in [3.8, 4) is 0 Å². The van der Waals surface area contributed by atoms with Gasteiger partial charge in [-0.15, -0.1) is 0 Å². The van der Waals surface area contributed by atoms with E-state index in [4.69, 9.17) is 18.9 Å². The topological polar surface area (TPSA) is 211 Å². The van der Waals surface area contributed by atoms with Crippen LogP contribution in [0.2, 0.25) is 0 Å². The molecule has 2 saturated heterocycles. The summed E-state index contributed by atoms with van der Waals surface area (Å²) in [5.74, 6) is -0.0139. The lowest BCUT2D eigenvalue weighted by atomic mass is 9.99. The van der Waals surface area contributed by atoms with Gasteiger partial charge in [-0.05, 0) is 27.2 Å². The molecule has 0 bridgehead atoms. The number of nitrogens with one attached hydrogen (secondary N) is 1. The van der Waals surface area contributed by atoms with Crippen LogP contribution in [0, 0.1) is 0 Å². The monoisotopic (exact) mass is 566 g/mol. The summed E-state index contributed by atoms with van der Waals surface area (Å²) in [6, 6.07) is 0.0503. The molecule has 0 unspecified atom stereocenters. The lowest BCUT2D eigenvalue weighted by Gasteiger charge is -2.39. The van der Waals surface area contributed by atoms with Gasteiger partial charge in [-0.25, -0.2) is 0 Å². The lowest BCUT2D eigenvalue weighted by molar-refractivity contribution is -0.300. The summed E-state index contributed by atoms with van der Waals surface area (Å²) in [5, 5.41) is 71.6. The fourth-order valence-corrected chi connectivity index (χ4v) is 4.26. The Labute approximate surface area is 228 Å². The number of Topliss-reactive ketones (excluding diaryl/α,β-unsaturated/α-hetero) is 1. The molecule has 14 heteroatoms. The molecule has 2 heterocycles. The van der Waals surface area contributed by atoms with Crippen LogP contribution in [0.4, 0.5) is 0 Å². The van der Waals surface area contributed by atoms with Crippen molar-refractivity contribution < 1.29 is 59.5 Å². The van der Waals surface area contributed by atoms with E-state index in [0.29, 0.717) is 25.2 Å². The van der Waals surface area contributed by atoms with E-state index in [1.165, 1.54) is 0 Å². The van der Waals surface area contributed by atoms with Crippen molar-refractivity contribution in [3.63, 3.8) is 0 Å². The fourth-order valence-electron chi connectivity index (χ4n) is 4.26. The van der Waals surface area contributed by atoms with Gasteiger partial charge in [0.2, 0.25) is 0 Å². The molecule has 0 spiro atoms. The molecule has 14 nitrogen and oxygen atoms in total. The van der Waals surface area contributed by atoms with Crippen LogP contribution in [0.5, 0.6) is 0 Å². The van der Waals surface area contributed by atoms with Gasteiger partial charge < -0.3 is 60.0 Å². The van der Waals surface area contributed by atoms with E-state index in [1.54, 1.807) is 6.92 Å². The number of rotatable bonds is 16. The number of aliphatic hydroxyl groups excluding tert-OH is 7. The quantitative estimate of drug-likeness (QED) is 0.0866. The largest absolute Gasteiger partial charge is 0.394 e. The number of carbonyl (C=O) groups is 1. The predicted molar refractivity (Wildman–Crippen MR) is 136 cm³/mol. The van der Waals surface area contributed by atoms with Crippen molar-refractivity contribution in [2.75, 3.05) is 39.5 Å². The molecule has 0 aromatic carbocycles. The van der Waals surface area contributed by atoms with Crippen LogP contribution in [0.15, 0.2) is 12.3 Å². The first-order valence-corrected chi connectivity index (χ1v) is 13.3. The van der Waals surface area contributed by atoms with Crippen molar-refractivity contribution in [2.24, 2.45) is 0 Å². The highest BCUT2D eigenvalue weighted by Gasteiger charge is 2.44. The lowest BCUT2D eigenvalue weighted by Crippen LogP contribution is -2.59. The highest BCUT2D eigenvalue weighted by atomic mass is 16.7. The molecule has 0 aromatic rings. The normalized spacial score (nSPS) is 35.4. The summed E-state index contributed by atoms with van der Waals surface area (Å²) >= 11 is 0. The minimum absolute atomic E-state index is 0.0139. The fraction of sp³-hybridized carbons (Fsp3) is 0.880. The summed E-state index contributed by atoms with van der Waals surface area (Å²) in [7, 11) is 0. The molecule has 8 N–H and O–H groups in total. The highest BCUT2D eigenvalue weighted by molar-refractivity contribution is 5.80. The average Bonchev–Trinajstić information content (AvgIpc) is 2.89. The van der Waals surface area contributed by atoms with E-state index in [1.807, 2.05) is 18.7 Å². The smallest absolute Gasteiger partial charge is 0.186 e. The number of aliphatic hydroxyl groups is 7. The first kappa shape index (κ1) is 33.9. The van der Waals surface area contributed by atoms with Crippen LogP contribution in [0.3, 0.4) is 0 Å². The second-order valence-electron chi connectivity index (χ2n) is 10.3. The van der Waals surface area contributed by atoms with Gasteiger partial charge in [-0.2, -0.15) is 0 Å². The molecule has 0 saturated carbocycles. The third-order valence-electron chi connectivity index (χ3n) is 6.80. The number of nitrogens with zero attached hydrogens (tertiary/aromatic N) is 1. The second-order valence-corrected chi connectivity index (χ2v) is 10.3. The number of hydrogen-bond donors (Lipinski definition) is 8. The summed E-state index contributed by atoms with van der Waals surface area (Å²) in [4.78, 5) is 14.5. The third kappa shape index (κ3) is 9.95.